The Morgan fingerprint density at radius 3 is 2.44 bits per heavy atom. The van der Waals surface area contributed by atoms with Gasteiger partial charge >= 0.3 is 5.97 Å². The van der Waals surface area contributed by atoms with Crippen LogP contribution in [0, 0.1) is 0 Å². The highest BCUT2D eigenvalue weighted by atomic mass is 16.6. The van der Waals surface area contributed by atoms with E-state index in [9.17, 15) is 9.90 Å². The fourth-order valence-corrected chi connectivity index (χ4v) is 2.26. The number of phenolic OH excluding ortho intramolecular Hbond substituents is 1. The summed E-state index contributed by atoms with van der Waals surface area (Å²) in [5, 5.41) is 13.1. The van der Waals surface area contributed by atoms with Crippen molar-refractivity contribution in [1.29, 1.82) is 0 Å². The van der Waals surface area contributed by atoms with Crippen LogP contribution in [0.25, 0.3) is 11.4 Å². The van der Waals surface area contributed by atoms with Crippen LogP contribution in [0.5, 0.6) is 5.75 Å². The van der Waals surface area contributed by atoms with Gasteiger partial charge in [0.15, 0.2) is 6.61 Å². The van der Waals surface area contributed by atoms with Crippen molar-refractivity contribution in [3.05, 3.63) is 65.5 Å². The summed E-state index contributed by atoms with van der Waals surface area (Å²) in [6.07, 6.45) is 0. The molecule has 0 spiro atoms. The number of phenols is 1. The zero-order valence-corrected chi connectivity index (χ0v) is 14.0. The minimum atomic E-state index is -0.527. The molecule has 3 aromatic rings. The third-order valence-electron chi connectivity index (χ3n) is 3.73. The van der Waals surface area contributed by atoms with Crippen LogP contribution >= 0.6 is 0 Å². The van der Waals surface area contributed by atoms with Gasteiger partial charge in [0.2, 0.25) is 5.82 Å². The van der Waals surface area contributed by atoms with Gasteiger partial charge < -0.3 is 14.4 Å². The molecule has 1 aromatic heterocycles. The highest BCUT2D eigenvalue weighted by Gasteiger charge is 2.13. The van der Waals surface area contributed by atoms with Crippen molar-refractivity contribution in [2.45, 2.75) is 26.4 Å². The number of esters is 1. The van der Waals surface area contributed by atoms with Gasteiger partial charge in [-0.1, -0.05) is 43.3 Å². The maximum absolute atomic E-state index is 11.9. The number of hydrogen-bond donors (Lipinski definition) is 1. The molecule has 3 rings (SSSR count). The number of nitrogens with zero attached hydrogens (tertiary/aromatic N) is 2. The Kier molecular flexibility index (Phi) is 4.79. The van der Waals surface area contributed by atoms with Crippen LogP contribution in [0.3, 0.4) is 0 Å². The molecular weight excluding hydrogens is 320 g/mol. The monoisotopic (exact) mass is 338 g/mol. The molecule has 0 bridgehead atoms. The Morgan fingerprint density at radius 2 is 1.80 bits per heavy atom. The first-order valence-corrected chi connectivity index (χ1v) is 7.92. The van der Waals surface area contributed by atoms with Gasteiger partial charge in [0.1, 0.15) is 5.75 Å². The summed E-state index contributed by atoms with van der Waals surface area (Å²) in [4.78, 5) is 16.2. The Hall–Kier alpha value is -3.15. The second kappa shape index (κ2) is 7.17. The van der Waals surface area contributed by atoms with Gasteiger partial charge in [0, 0.05) is 5.56 Å². The molecule has 0 aliphatic carbocycles. The molecule has 128 valence electrons. The van der Waals surface area contributed by atoms with E-state index in [0.29, 0.717) is 17.3 Å². The molecule has 1 heterocycles. The number of rotatable bonds is 5. The molecule has 0 aliphatic heterocycles. The van der Waals surface area contributed by atoms with Crippen molar-refractivity contribution in [3.8, 4) is 17.1 Å². The lowest BCUT2D eigenvalue weighted by Gasteiger charge is -2.04. The summed E-state index contributed by atoms with van der Waals surface area (Å²) in [7, 11) is 0. The lowest BCUT2D eigenvalue weighted by Crippen LogP contribution is -2.05. The van der Waals surface area contributed by atoms with Crippen LogP contribution in [0.2, 0.25) is 0 Å². The van der Waals surface area contributed by atoms with Gasteiger partial charge in [-0.2, -0.15) is 4.98 Å². The Labute approximate surface area is 145 Å². The fraction of sp³-hybridized carbons (Fsp3) is 0.211. The fourth-order valence-electron chi connectivity index (χ4n) is 2.26. The highest BCUT2D eigenvalue weighted by molar-refractivity contribution is 5.89. The average molecular weight is 338 g/mol. The normalized spacial score (nSPS) is 10.8. The molecule has 0 unspecified atom stereocenters. The third kappa shape index (κ3) is 4.03. The zero-order valence-electron chi connectivity index (χ0n) is 14.0. The van der Waals surface area contributed by atoms with Crippen molar-refractivity contribution >= 4 is 5.97 Å². The van der Waals surface area contributed by atoms with Gasteiger partial charge in [-0.05, 0) is 35.7 Å². The van der Waals surface area contributed by atoms with E-state index in [0.717, 1.165) is 5.56 Å². The minimum Gasteiger partial charge on any atom is -0.508 e. The van der Waals surface area contributed by atoms with Gasteiger partial charge in [-0.15, -0.1) is 0 Å². The van der Waals surface area contributed by atoms with Crippen LogP contribution in [0.1, 0.15) is 41.6 Å². The second-order valence-corrected chi connectivity index (χ2v) is 5.91. The van der Waals surface area contributed by atoms with E-state index in [1.165, 1.54) is 29.8 Å². The number of hydrogen-bond acceptors (Lipinski definition) is 6. The van der Waals surface area contributed by atoms with Gasteiger partial charge in [-0.3, -0.25) is 0 Å². The Morgan fingerprint density at radius 1 is 1.12 bits per heavy atom. The lowest BCUT2D eigenvalue weighted by atomic mass is 10.0. The largest absolute Gasteiger partial charge is 0.508 e. The standard InChI is InChI=1S/C19H18N2O4/c1-12(2)13-3-5-14(6-4-13)18-20-17(25-21-18)11-24-19(23)15-7-9-16(22)10-8-15/h3-10,12,22H,11H2,1-2H3. The smallest absolute Gasteiger partial charge is 0.338 e. The molecule has 6 heteroatoms. The summed E-state index contributed by atoms with van der Waals surface area (Å²) >= 11 is 0. The molecule has 2 aromatic carbocycles. The molecule has 0 atom stereocenters. The number of benzene rings is 2. The van der Waals surface area contributed by atoms with Crippen molar-refractivity contribution in [2.24, 2.45) is 0 Å². The molecule has 1 N–H and O–H groups in total. The third-order valence-corrected chi connectivity index (χ3v) is 3.73. The SMILES string of the molecule is CC(C)c1ccc(-c2noc(COC(=O)c3ccc(O)cc3)n2)cc1. The van der Waals surface area contributed by atoms with E-state index in [2.05, 4.69) is 24.0 Å². The molecule has 0 saturated carbocycles. The van der Waals surface area contributed by atoms with Crippen LogP contribution in [0.15, 0.2) is 53.1 Å². The van der Waals surface area contributed by atoms with Crippen LogP contribution < -0.4 is 0 Å². The van der Waals surface area contributed by atoms with E-state index in [1.54, 1.807) is 0 Å². The predicted octanol–water partition coefficient (Wildman–Crippen LogP) is 3.92. The number of aromatic hydroxyl groups is 1. The van der Waals surface area contributed by atoms with Crippen LogP contribution in [0.4, 0.5) is 0 Å². The molecule has 0 radical (unpaired) electrons. The Balaban J connectivity index is 1.63. The maximum atomic E-state index is 11.9. The molecule has 25 heavy (non-hydrogen) atoms. The Bertz CT molecular complexity index is 852. The summed E-state index contributed by atoms with van der Waals surface area (Å²) < 4.78 is 10.3. The van der Waals surface area contributed by atoms with Crippen molar-refractivity contribution in [1.82, 2.24) is 10.1 Å². The quantitative estimate of drug-likeness (QED) is 0.710. The van der Waals surface area contributed by atoms with Crippen molar-refractivity contribution in [2.75, 3.05) is 0 Å². The molecule has 0 fully saturated rings. The molecular formula is C19H18N2O4. The topological polar surface area (TPSA) is 85.5 Å². The molecule has 6 nitrogen and oxygen atoms in total. The summed E-state index contributed by atoms with van der Waals surface area (Å²) in [6, 6.07) is 13.7. The highest BCUT2D eigenvalue weighted by Crippen LogP contribution is 2.20. The van der Waals surface area contributed by atoms with Crippen LogP contribution in [-0.4, -0.2) is 21.2 Å². The lowest BCUT2D eigenvalue weighted by molar-refractivity contribution is 0.0430. The van der Waals surface area contributed by atoms with Gasteiger partial charge in [0.25, 0.3) is 5.89 Å². The van der Waals surface area contributed by atoms with Crippen LogP contribution in [-0.2, 0) is 11.3 Å². The zero-order chi connectivity index (χ0) is 17.8. The maximum Gasteiger partial charge on any atom is 0.338 e. The van der Waals surface area contributed by atoms with Gasteiger partial charge in [0.05, 0.1) is 5.56 Å². The molecule has 0 aliphatic rings. The summed E-state index contributed by atoms with van der Waals surface area (Å²) in [5.41, 5.74) is 2.40. The predicted molar refractivity (Wildman–Crippen MR) is 91.0 cm³/mol. The van der Waals surface area contributed by atoms with E-state index >= 15 is 0 Å². The molecule has 0 amide bonds. The summed E-state index contributed by atoms with van der Waals surface area (Å²) in [6.45, 7) is 4.14. The van der Waals surface area contributed by atoms with Crippen molar-refractivity contribution < 1.29 is 19.2 Å². The molecule has 0 saturated heterocycles. The number of carbonyl (C=O) groups is 1. The number of aromatic nitrogens is 2. The average Bonchev–Trinajstić information content (AvgIpc) is 3.09. The van der Waals surface area contributed by atoms with Gasteiger partial charge in [-0.25, -0.2) is 4.79 Å². The van der Waals surface area contributed by atoms with E-state index < -0.39 is 5.97 Å². The first-order chi connectivity index (χ1) is 12.0. The second-order valence-electron chi connectivity index (χ2n) is 5.91. The van der Waals surface area contributed by atoms with Crippen molar-refractivity contribution in [3.63, 3.8) is 0 Å². The summed E-state index contributed by atoms with van der Waals surface area (Å²) in [5.74, 6) is 0.679. The first kappa shape index (κ1) is 16.7. The number of carbonyl (C=O) groups excluding carboxylic acids is 1. The number of ether oxygens (including phenoxy) is 1. The van der Waals surface area contributed by atoms with E-state index in [-0.39, 0.29) is 18.2 Å². The first-order valence-electron chi connectivity index (χ1n) is 7.92. The van der Waals surface area contributed by atoms with E-state index in [1.807, 2.05) is 24.3 Å². The minimum absolute atomic E-state index is 0.0848. The van der Waals surface area contributed by atoms with E-state index in [4.69, 9.17) is 9.26 Å².